The third kappa shape index (κ3) is 4.60. The third-order valence-electron chi connectivity index (χ3n) is 5.69. The first-order valence-corrected chi connectivity index (χ1v) is 12.4. The minimum Gasteiger partial charge on any atom is -0.443 e. The number of allylic oxidation sites excluding steroid dienone is 1. The van der Waals surface area contributed by atoms with E-state index in [9.17, 15) is 13.2 Å². The zero-order valence-electron chi connectivity index (χ0n) is 20.2. The van der Waals surface area contributed by atoms with Crippen molar-refractivity contribution in [3.63, 3.8) is 0 Å². The number of carbonyl (C=O) groups excluding carboxylic acids is 1. The van der Waals surface area contributed by atoms with Gasteiger partial charge in [0.2, 0.25) is 0 Å². The van der Waals surface area contributed by atoms with Crippen molar-refractivity contribution in [1.29, 1.82) is 0 Å². The summed E-state index contributed by atoms with van der Waals surface area (Å²) in [5, 5.41) is -0.729. The monoisotopic (exact) mass is 455 g/mol. The van der Waals surface area contributed by atoms with Gasteiger partial charge in [0.15, 0.2) is 9.84 Å². The second kappa shape index (κ2) is 8.07. The number of aryl methyl sites for hydroxylation is 1. The van der Waals surface area contributed by atoms with Crippen molar-refractivity contribution >= 4 is 27.2 Å². The molecule has 6 heteroatoms. The van der Waals surface area contributed by atoms with Gasteiger partial charge >= 0.3 is 6.09 Å². The largest absolute Gasteiger partial charge is 0.443 e. The van der Waals surface area contributed by atoms with E-state index in [1.54, 1.807) is 42.2 Å². The summed E-state index contributed by atoms with van der Waals surface area (Å²) in [7, 11) is -3.55. The molecule has 5 nitrogen and oxygen atoms in total. The summed E-state index contributed by atoms with van der Waals surface area (Å²) in [6.07, 6.45) is 1.59. The first-order chi connectivity index (χ1) is 14.6. The lowest BCUT2D eigenvalue weighted by Crippen LogP contribution is -2.50. The van der Waals surface area contributed by atoms with Crippen LogP contribution in [0.2, 0.25) is 0 Å². The number of rotatable bonds is 3. The van der Waals surface area contributed by atoms with Crippen LogP contribution in [-0.2, 0) is 14.6 Å². The third-order valence-corrected chi connectivity index (χ3v) is 7.83. The number of hydrogen-bond donors (Lipinski definition) is 0. The molecule has 0 aromatic heterocycles. The number of carbonyl (C=O) groups is 1. The van der Waals surface area contributed by atoms with E-state index < -0.39 is 32.3 Å². The second-order valence-electron chi connectivity index (χ2n) is 10.1. The first-order valence-electron chi connectivity index (χ1n) is 10.8. The Morgan fingerprint density at radius 3 is 2.19 bits per heavy atom. The highest BCUT2D eigenvalue weighted by atomic mass is 32.2. The van der Waals surface area contributed by atoms with Crippen molar-refractivity contribution in [1.82, 2.24) is 0 Å². The summed E-state index contributed by atoms with van der Waals surface area (Å²) < 4.78 is 32.1. The van der Waals surface area contributed by atoms with E-state index in [-0.39, 0.29) is 0 Å². The SMILES string of the molecule is CC1=CC(C)(C)N(C(=O)OC(C)(C)C)c2ccc(C(C)S(=O)(=O)c3ccc(C)cc3)cc21. The van der Waals surface area contributed by atoms with Crippen LogP contribution in [-0.4, -0.2) is 25.7 Å². The van der Waals surface area contributed by atoms with Crippen LogP contribution in [0.3, 0.4) is 0 Å². The Morgan fingerprint density at radius 2 is 1.62 bits per heavy atom. The van der Waals surface area contributed by atoms with Gasteiger partial charge in [0.1, 0.15) is 5.60 Å². The Labute approximate surface area is 192 Å². The number of sulfone groups is 1. The summed E-state index contributed by atoms with van der Waals surface area (Å²) in [6.45, 7) is 15.0. The Bertz CT molecular complexity index is 1170. The van der Waals surface area contributed by atoms with Crippen molar-refractivity contribution < 1.29 is 17.9 Å². The minimum absolute atomic E-state index is 0.303. The van der Waals surface area contributed by atoms with E-state index in [2.05, 4.69) is 0 Å². The van der Waals surface area contributed by atoms with Gasteiger partial charge in [0.05, 0.1) is 21.4 Å². The van der Waals surface area contributed by atoms with Crippen LogP contribution in [0.1, 0.15) is 70.4 Å². The molecule has 1 atom stereocenters. The van der Waals surface area contributed by atoms with Gasteiger partial charge in [-0.15, -0.1) is 0 Å². The van der Waals surface area contributed by atoms with Gasteiger partial charge < -0.3 is 4.74 Å². The normalized spacial score (nSPS) is 16.8. The number of amides is 1. The minimum atomic E-state index is -3.55. The lowest BCUT2D eigenvalue weighted by atomic mass is 9.88. The maximum absolute atomic E-state index is 13.2. The molecule has 0 saturated heterocycles. The van der Waals surface area contributed by atoms with E-state index in [0.29, 0.717) is 16.1 Å². The molecule has 1 amide bonds. The van der Waals surface area contributed by atoms with Crippen molar-refractivity contribution in [2.24, 2.45) is 0 Å². The average molecular weight is 456 g/mol. The standard InChI is InChI=1S/C26H33NO4S/c1-17-9-12-21(13-10-17)32(29,30)19(3)20-11-14-23-22(15-20)18(2)16-26(7,8)27(23)24(28)31-25(4,5)6/h9-16,19H,1-8H3. The molecule has 3 rings (SSSR count). The fraction of sp³-hybridized carbons (Fsp3) is 0.423. The van der Waals surface area contributed by atoms with Gasteiger partial charge in [-0.3, -0.25) is 4.90 Å². The van der Waals surface area contributed by atoms with Crippen LogP contribution in [0.15, 0.2) is 53.4 Å². The number of fused-ring (bicyclic) bond motifs is 1. The van der Waals surface area contributed by atoms with Gasteiger partial charge in [0.25, 0.3) is 0 Å². The molecule has 1 aliphatic heterocycles. The predicted molar refractivity (Wildman–Crippen MR) is 130 cm³/mol. The van der Waals surface area contributed by atoms with Crippen molar-refractivity contribution in [2.75, 3.05) is 4.90 Å². The number of ether oxygens (including phenoxy) is 1. The van der Waals surface area contributed by atoms with E-state index >= 15 is 0 Å². The number of nitrogens with zero attached hydrogens (tertiary/aromatic N) is 1. The van der Waals surface area contributed by atoms with Crippen LogP contribution in [0, 0.1) is 6.92 Å². The predicted octanol–water partition coefficient (Wildman–Crippen LogP) is 6.47. The molecule has 0 radical (unpaired) electrons. The fourth-order valence-corrected chi connectivity index (χ4v) is 5.48. The molecular formula is C26H33NO4S. The summed E-state index contributed by atoms with van der Waals surface area (Å²) in [6, 6.07) is 12.4. The highest BCUT2D eigenvalue weighted by Crippen LogP contribution is 2.42. The Kier molecular flexibility index (Phi) is 6.07. The highest BCUT2D eigenvalue weighted by molar-refractivity contribution is 7.91. The molecule has 172 valence electrons. The Morgan fingerprint density at radius 1 is 1.03 bits per heavy atom. The number of hydrogen-bond acceptors (Lipinski definition) is 4. The molecule has 0 bridgehead atoms. The van der Waals surface area contributed by atoms with E-state index in [0.717, 1.165) is 16.7 Å². The quantitative estimate of drug-likeness (QED) is 0.532. The maximum atomic E-state index is 13.2. The van der Waals surface area contributed by atoms with Crippen LogP contribution in [0.5, 0.6) is 0 Å². The van der Waals surface area contributed by atoms with Crippen LogP contribution >= 0.6 is 0 Å². The van der Waals surface area contributed by atoms with E-state index in [4.69, 9.17) is 4.74 Å². The summed E-state index contributed by atoms with van der Waals surface area (Å²) >= 11 is 0. The molecule has 1 unspecified atom stereocenters. The summed E-state index contributed by atoms with van der Waals surface area (Å²) in [4.78, 5) is 15.0. The van der Waals surface area contributed by atoms with Gasteiger partial charge in [-0.2, -0.15) is 0 Å². The molecule has 32 heavy (non-hydrogen) atoms. The first kappa shape index (κ1) is 24.1. The maximum Gasteiger partial charge on any atom is 0.415 e. The summed E-state index contributed by atoms with van der Waals surface area (Å²) in [5.74, 6) is 0. The molecule has 0 fully saturated rings. The van der Waals surface area contributed by atoms with Gasteiger partial charge in [0, 0.05) is 5.56 Å². The fourth-order valence-electron chi connectivity index (χ4n) is 4.05. The molecule has 2 aromatic carbocycles. The summed E-state index contributed by atoms with van der Waals surface area (Å²) in [5.41, 5.74) is 3.02. The number of benzene rings is 2. The highest BCUT2D eigenvalue weighted by Gasteiger charge is 2.39. The topological polar surface area (TPSA) is 63.7 Å². The molecular weight excluding hydrogens is 422 g/mol. The van der Waals surface area contributed by atoms with E-state index in [1.165, 1.54) is 0 Å². The molecule has 0 N–H and O–H groups in total. The van der Waals surface area contributed by atoms with Gasteiger partial charge in [-0.1, -0.05) is 29.8 Å². The Balaban J connectivity index is 2.05. The Hall–Kier alpha value is -2.60. The lowest BCUT2D eigenvalue weighted by Gasteiger charge is -2.42. The zero-order valence-corrected chi connectivity index (χ0v) is 21.0. The lowest BCUT2D eigenvalue weighted by molar-refractivity contribution is 0.0556. The molecule has 2 aromatic rings. The van der Waals surface area contributed by atoms with Gasteiger partial charge in [-0.25, -0.2) is 13.2 Å². The van der Waals surface area contributed by atoms with Crippen molar-refractivity contribution in [3.05, 3.63) is 65.2 Å². The second-order valence-corrected chi connectivity index (χ2v) is 12.3. The molecule has 0 spiro atoms. The van der Waals surface area contributed by atoms with Crippen molar-refractivity contribution in [3.8, 4) is 0 Å². The molecule has 0 saturated carbocycles. The van der Waals surface area contributed by atoms with Crippen molar-refractivity contribution in [2.45, 2.75) is 76.7 Å². The van der Waals surface area contributed by atoms with Crippen LogP contribution in [0.25, 0.3) is 5.57 Å². The molecule has 0 aliphatic carbocycles. The number of anilines is 1. The molecule has 1 aliphatic rings. The average Bonchev–Trinajstić information content (AvgIpc) is 2.65. The molecule has 1 heterocycles. The van der Waals surface area contributed by atoms with Gasteiger partial charge in [-0.05, 0) is 90.8 Å². The smallest absolute Gasteiger partial charge is 0.415 e. The van der Waals surface area contributed by atoms with Crippen LogP contribution in [0.4, 0.5) is 10.5 Å². The van der Waals surface area contributed by atoms with Crippen LogP contribution < -0.4 is 4.90 Å². The zero-order chi connectivity index (χ0) is 24.1. The van der Waals surface area contributed by atoms with E-state index in [1.807, 2.05) is 66.7 Å².